The van der Waals surface area contributed by atoms with Gasteiger partial charge in [0.05, 0.1) is 11.5 Å². The minimum Gasteiger partial charge on any atom is -0.389 e. The first-order chi connectivity index (χ1) is 9.41. The highest BCUT2D eigenvalue weighted by Gasteiger charge is 2.69. The van der Waals surface area contributed by atoms with Crippen molar-refractivity contribution in [3.63, 3.8) is 0 Å². The maximum Gasteiger partial charge on any atom is 0.135 e. The monoisotopic (exact) mass is 274 g/mol. The van der Waals surface area contributed by atoms with Gasteiger partial charge in [-0.15, -0.1) is 0 Å². The number of aldehydes is 1. The van der Waals surface area contributed by atoms with Crippen LogP contribution in [0.2, 0.25) is 0 Å². The van der Waals surface area contributed by atoms with Crippen molar-refractivity contribution >= 4 is 12.4 Å². The summed E-state index contributed by atoms with van der Waals surface area (Å²) in [5.41, 5.74) is -2.50. The molecule has 0 aliphatic heterocycles. The zero-order valence-corrected chi connectivity index (χ0v) is 11.5. The van der Waals surface area contributed by atoms with Crippen molar-refractivity contribution in [3.05, 3.63) is 41.5 Å². The standard InChI is InChI=1S/C16H18O4/c1-14(18)10-15(20-2)8-7-11-5-3-4-6-12(11)16(15,19)13(14)9-17/h3-9,13,18-19H,10H2,1-2H3/t13?,14-,15+,16-/m0/s1. The number of hydrogen-bond acceptors (Lipinski definition) is 4. The van der Waals surface area contributed by atoms with Crippen molar-refractivity contribution in [1.29, 1.82) is 0 Å². The Hall–Kier alpha value is -1.49. The fourth-order valence-corrected chi connectivity index (χ4v) is 3.83. The molecule has 0 amide bonds. The first-order valence-electron chi connectivity index (χ1n) is 6.65. The van der Waals surface area contributed by atoms with E-state index in [1.54, 1.807) is 19.1 Å². The summed E-state index contributed by atoms with van der Waals surface area (Å²) in [7, 11) is 1.49. The third-order valence-corrected chi connectivity index (χ3v) is 4.79. The highest BCUT2D eigenvalue weighted by molar-refractivity contribution is 5.70. The second kappa shape index (κ2) is 4.01. The van der Waals surface area contributed by atoms with Crippen LogP contribution >= 0.6 is 0 Å². The topological polar surface area (TPSA) is 66.8 Å². The molecule has 1 aromatic rings. The first-order valence-corrected chi connectivity index (χ1v) is 6.65. The van der Waals surface area contributed by atoms with Crippen molar-refractivity contribution < 1.29 is 19.7 Å². The molecule has 106 valence electrons. The van der Waals surface area contributed by atoms with Crippen molar-refractivity contribution in [3.8, 4) is 0 Å². The molecule has 20 heavy (non-hydrogen) atoms. The summed E-state index contributed by atoms with van der Waals surface area (Å²) in [4.78, 5) is 11.6. The molecule has 1 aromatic carbocycles. The molecule has 0 aromatic heterocycles. The molecule has 2 N–H and O–H groups in total. The number of hydrogen-bond donors (Lipinski definition) is 2. The Balaban J connectivity index is 2.32. The highest BCUT2D eigenvalue weighted by atomic mass is 16.5. The Morgan fingerprint density at radius 1 is 1.35 bits per heavy atom. The molecule has 4 atom stereocenters. The molecule has 1 saturated carbocycles. The summed E-state index contributed by atoms with van der Waals surface area (Å²) in [5.74, 6) is -0.943. The lowest BCUT2D eigenvalue weighted by atomic mass is 9.70. The molecule has 0 bridgehead atoms. The van der Waals surface area contributed by atoms with Gasteiger partial charge in [-0.2, -0.15) is 0 Å². The van der Waals surface area contributed by atoms with Gasteiger partial charge in [-0.05, 0) is 24.1 Å². The van der Waals surface area contributed by atoms with Gasteiger partial charge in [-0.3, -0.25) is 0 Å². The number of rotatable bonds is 2. The van der Waals surface area contributed by atoms with Crippen LogP contribution in [0.3, 0.4) is 0 Å². The molecular formula is C16H18O4. The predicted molar refractivity (Wildman–Crippen MR) is 73.9 cm³/mol. The number of ether oxygens (including phenoxy) is 1. The fraction of sp³-hybridized carbons (Fsp3) is 0.438. The van der Waals surface area contributed by atoms with E-state index in [-0.39, 0.29) is 6.42 Å². The van der Waals surface area contributed by atoms with Gasteiger partial charge < -0.3 is 19.7 Å². The van der Waals surface area contributed by atoms with Crippen LogP contribution in [-0.4, -0.2) is 34.8 Å². The Labute approximate surface area is 117 Å². The maximum absolute atomic E-state index is 11.6. The second-order valence-corrected chi connectivity index (χ2v) is 5.93. The van der Waals surface area contributed by atoms with E-state index in [4.69, 9.17) is 4.74 Å². The first kappa shape index (κ1) is 13.5. The normalized spacial score (nSPS) is 42.1. The average molecular weight is 274 g/mol. The molecule has 0 heterocycles. The van der Waals surface area contributed by atoms with Gasteiger partial charge in [0, 0.05) is 13.5 Å². The summed E-state index contributed by atoms with van der Waals surface area (Å²) in [6.07, 6.45) is 4.43. The van der Waals surface area contributed by atoms with E-state index in [1.807, 2.05) is 24.3 Å². The minimum atomic E-state index is -1.56. The van der Waals surface area contributed by atoms with Crippen molar-refractivity contribution in [1.82, 2.24) is 0 Å². The largest absolute Gasteiger partial charge is 0.389 e. The van der Waals surface area contributed by atoms with Crippen molar-refractivity contribution in [2.75, 3.05) is 7.11 Å². The van der Waals surface area contributed by atoms with Gasteiger partial charge in [-0.25, -0.2) is 0 Å². The molecule has 1 unspecified atom stereocenters. The number of carbonyl (C=O) groups excluding carboxylic acids is 1. The third-order valence-electron chi connectivity index (χ3n) is 4.79. The summed E-state index contributed by atoms with van der Waals surface area (Å²) in [5, 5.41) is 21.9. The van der Waals surface area contributed by atoms with Gasteiger partial charge in [0.15, 0.2) is 0 Å². The number of aliphatic hydroxyl groups is 2. The number of fused-ring (bicyclic) bond motifs is 3. The molecule has 4 nitrogen and oxygen atoms in total. The van der Waals surface area contributed by atoms with Gasteiger partial charge in [0.25, 0.3) is 0 Å². The second-order valence-electron chi connectivity index (χ2n) is 5.93. The molecular weight excluding hydrogens is 256 g/mol. The number of methoxy groups -OCH3 is 1. The van der Waals surface area contributed by atoms with E-state index in [0.717, 1.165) is 5.56 Å². The van der Waals surface area contributed by atoms with Crippen molar-refractivity contribution in [2.45, 2.75) is 30.1 Å². The van der Waals surface area contributed by atoms with Crippen LogP contribution in [0, 0.1) is 5.92 Å². The third kappa shape index (κ3) is 1.39. The van der Waals surface area contributed by atoms with Crippen LogP contribution in [0.1, 0.15) is 24.5 Å². The van der Waals surface area contributed by atoms with Crippen LogP contribution < -0.4 is 0 Å². The molecule has 0 saturated heterocycles. The van der Waals surface area contributed by atoms with E-state index < -0.39 is 22.7 Å². The Morgan fingerprint density at radius 2 is 2.05 bits per heavy atom. The Morgan fingerprint density at radius 3 is 2.70 bits per heavy atom. The summed E-state index contributed by atoms with van der Waals surface area (Å²) in [6, 6.07) is 7.34. The zero-order chi connectivity index (χ0) is 14.6. The molecule has 0 spiro atoms. The van der Waals surface area contributed by atoms with E-state index >= 15 is 0 Å². The predicted octanol–water partition coefficient (Wildman–Crippen LogP) is 1.26. The summed E-state index contributed by atoms with van der Waals surface area (Å²) in [6.45, 7) is 1.57. The molecule has 4 heteroatoms. The molecule has 2 aliphatic rings. The summed E-state index contributed by atoms with van der Waals surface area (Å²) >= 11 is 0. The average Bonchev–Trinajstić information content (AvgIpc) is 2.61. The van der Waals surface area contributed by atoms with E-state index in [0.29, 0.717) is 11.8 Å². The fourth-order valence-electron chi connectivity index (χ4n) is 3.83. The van der Waals surface area contributed by atoms with Crippen LogP contribution in [0.15, 0.2) is 30.3 Å². The number of carbonyl (C=O) groups is 1. The maximum atomic E-state index is 11.6. The minimum absolute atomic E-state index is 0.168. The van der Waals surface area contributed by atoms with Gasteiger partial charge >= 0.3 is 0 Å². The van der Waals surface area contributed by atoms with Crippen LogP contribution in [0.4, 0.5) is 0 Å². The highest BCUT2D eigenvalue weighted by Crippen LogP contribution is 2.59. The lowest BCUT2D eigenvalue weighted by molar-refractivity contribution is -0.158. The Kier molecular flexibility index (Phi) is 2.70. The molecule has 1 fully saturated rings. The van der Waals surface area contributed by atoms with Gasteiger partial charge in [0.1, 0.15) is 17.5 Å². The van der Waals surface area contributed by atoms with Crippen LogP contribution in [-0.2, 0) is 15.1 Å². The number of benzene rings is 1. The van der Waals surface area contributed by atoms with Crippen LogP contribution in [0.5, 0.6) is 0 Å². The van der Waals surface area contributed by atoms with Crippen molar-refractivity contribution in [2.24, 2.45) is 5.92 Å². The molecule has 3 rings (SSSR count). The van der Waals surface area contributed by atoms with E-state index in [9.17, 15) is 15.0 Å². The lowest BCUT2D eigenvalue weighted by Gasteiger charge is -2.44. The molecule has 2 aliphatic carbocycles. The van der Waals surface area contributed by atoms with E-state index in [1.165, 1.54) is 7.11 Å². The van der Waals surface area contributed by atoms with Gasteiger partial charge in [0.2, 0.25) is 0 Å². The van der Waals surface area contributed by atoms with Gasteiger partial charge in [-0.1, -0.05) is 30.3 Å². The van der Waals surface area contributed by atoms with E-state index in [2.05, 4.69) is 0 Å². The Bertz CT molecular complexity index is 592. The SMILES string of the molecule is CO[C@@]12C=Cc3ccccc3[C@]1(O)C(C=O)[C@@](C)(O)C2. The molecule has 0 radical (unpaired) electrons. The zero-order valence-electron chi connectivity index (χ0n) is 11.5. The van der Waals surface area contributed by atoms with Crippen LogP contribution in [0.25, 0.3) is 6.08 Å². The lowest BCUT2D eigenvalue weighted by Crippen LogP contribution is -2.53. The quantitative estimate of drug-likeness (QED) is 0.797. The smallest absolute Gasteiger partial charge is 0.135 e. The summed E-state index contributed by atoms with van der Waals surface area (Å²) < 4.78 is 5.57.